The summed E-state index contributed by atoms with van der Waals surface area (Å²) < 4.78 is 33.5. The third-order valence-corrected chi connectivity index (χ3v) is 4.97. The van der Waals surface area contributed by atoms with Crippen molar-refractivity contribution in [2.45, 2.75) is 13.0 Å². The highest BCUT2D eigenvalue weighted by Gasteiger charge is 2.17. The summed E-state index contributed by atoms with van der Waals surface area (Å²) >= 11 is 0. The van der Waals surface area contributed by atoms with Crippen molar-refractivity contribution < 1.29 is 18.3 Å². The second-order valence-electron chi connectivity index (χ2n) is 7.60. The number of carbonyl (C=O) groups is 1. The highest BCUT2D eigenvalue weighted by molar-refractivity contribution is 5.96. The molecule has 4 N–H and O–H groups in total. The highest BCUT2D eigenvalue weighted by Crippen LogP contribution is 2.22. The summed E-state index contributed by atoms with van der Waals surface area (Å²) in [7, 11) is 1.55. The molecule has 184 valence electrons. The van der Waals surface area contributed by atoms with E-state index in [4.69, 9.17) is 4.74 Å². The maximum atomic E-state index is 14.2. The van der Waals surface area contributed by atoms with Crippen molar-refractivity contribution in [2.24, 2.45) is 0 Å². The molecular formula is C25H23F2N7O2. The smallest absolute Gasteiger partial charge is 0.246 e. The second kappa shape index (κ2) is 11.1. The average molecular weight is 492 g/mol. The standard InChI is InChI=1S/C25H23F2N7O2/c1-15(22(35)29-16-11-13-17(36-2)14-12-16)28-23-32-24(30-20-9-5-3-7-18(20)26)34-25(33-23)31-21-10-6-4-8-19(21)27/h3-15H,1-2H3,(H,29,35)(H3,28,30,31,32,33,34)/t15-/m0/s1. The largest absolute Gasteiger partial charge is 0.497 e. The van der Waals surface area contributed by atoms with E-state index >= 15 is 0 Å². The van der Waals surface area contributed by atoms with Crippen molar-refractivity contribution in [3.8, 4) is 5.75 Å². The van der Waals surface area contributed by atoms with Crippen LogP contribution in [0.5, 0.6) is 5.75 Å². The Hall–Kier alpha value is -4.80. The third-order valence-electron chi connectivity index (χ3n) is 4.97. The lowest BCUT2D eigenvalue weighted by atomic mass is 10.2. The van der Waals surface area contributed by atoms with Crippen molar-refractivity contribution in [1.29, 1.82) is 0 Å². The van der Waals surface area contributed by atoms with Crippen LogP contribution in [0.4, 0.5) is 43.7 Å². The third kappa shape index (κ3) is 6.20. The van der Waals surface area contributed by atoms with Gasteiger partial charge in [0, 0.05) is 5.69 Å². The van der Waals surface area contributed by atoms with Crippen molar-refractivity contribution >= 4 is 40.8 Å². The number of nitrogens with zero attached hydrogens (tertiary/aromatic N) is 3. The summed E-state index contributed by atoms with van der Waals surface area (Å²) in [5.41, 5.74) is 0.850. The predicted octanol–water partition coefficient (Wildman–Crippen LogP) is 5.08. The van der Waals surface area contributed by atoms with Gasteiger partial charge in [0.25, 0.3) is 0 Å². The molecule has 0 saturated carbocycles. The van der Waals surface area contributed by atoms with Crippen LogP contribution in [0.15, 0.2) is 72.8 Å². The molecule has 4 rings (SSSR count). The van der Waals surface area contributed by atoms with Crippen LogP contribution >= 0.6 is 0 Å². The summed E-state index contributed by atoms with van der Waals surface area (Å²) in [6, 6.07) is 18.1. The molecule has 0 spiro atoms. The summed E-state index contributed by atoms with van der Waals surface area (Å²) in [5.74, 6) is -0.730. The molecule has 0 unspecified atom stereocenters. The Bertz CT molecular complexity index is 1290. The lowest BCUT2D eigenvalue weighted by molar-refractivity contribution is -0.116. The lowest BCUT2D eigenvalue weighted by Crippen LogP contribution is -2.32. The average Bonchev–Trinajstić information content (AvgIpc) is 2.87. The van der Waals surface area contributed by atoms with Crippen molar-refractivity contribution in [2.75, 3.05) is 28.4 Å². The summed E-state index contributed by atoms with van der Waals surface area (Å²) in [4.78, 5) is 25.4. The molecule has 11 heteroatoms. The number of hydrogen-bond acceptors (Lipinski definition) is 8. The van der Waals surface area contributed by atoms with Crippen LogP contribution in [0.25, 0.3) is 0 Å². The first-order valence-electron chi connectivity index (χ1n) is 10.9. The van der Waals surface area contributed by atoms with Gasteiger partial charge in [-0.25, -0.2) is 8.78 Å². The number of carbonyl (C=O) groups excluding carboxylic acids is 1. The molecule has 1 heterocycles. The minimum atomic E-state index is -0.767. The van der Waals surface area contributed by atoms with E-state index in [0.717, 1.165) is 0 Å². The van der Waals surface area contributed by atoms with Crippen LogP contribution in [0.2, 0.25) is 0 Å². The van der Waals surface area contributed by atoms with Crippen LogP contribution in [0, 0.1) is 11.6 Å². The molecule has 0 bridgehead atoms. The zero-order valence-corrected chi connectivity index (χ0v) is 19.4. The maximum Gasteiger partial charge on any atom is 0.246 e. The van der Waals surface area contributed by atoms with Crippen LogP contribution in [-0.4, -0.2) is 34.0 Å². The fraction of sp³-hybridized carbons (Fsp3) is 0.120. The molecular weight excluding hydrogens is 468 g/mol. The topological polar surface area (TPSA) is 113 Å². The highest BCUT2D eigenvalue weighted by atomic mass is 19.1. The molecule has 1 atom stereocenters. The van der Waals surface area contributed by atoms with E-state index in [9.17, 15) is 13.6 Å². The Morgan fingerprint density at radius 1 is 0.778 bits per heavy atom. The van der Waals surface area contributed by atoms with Gasteiger partial charge in [-0.1, -0.05) is 24.3 Å². The Kier molecular flexibility index (Phi) is 7.49. The number of benzene rings is 3. The van der Waals surface area contributed by atoms with Gasteiger partial charge in [-0.3, -0.25) is 4.79 Å². The number of nitrogens with one attached hydrogen (secondary N) is 4. The summed E-state index contributed by atoms with van der Waals surface area (Å²) in [6.07, 6.45) is 0. The number of methoxy groups -OCH3 is 1. The molecule has 0 aliphatic carbocycles. The van der Waals surface area contributed by atoms with E-state index in [1.807, 2.05) is 0 Å². The van der Waals surface area contributed by atoms with Crippen LogP contribution in [-0.2, 0) is 4.79 Å². The zero-order valence-electron chi connectivity index (χ0n) is 19.4. The molecule has 9 nitrogen and oxygen atoms in total. The van der Waals surface area contributed by atoms with Gasteiger partial charge in [0.05, 0.1) is 18.5 Å². The van der Waals surface area contributed by atoms with Gasteiger partial charge in [-0.2, -0.15) is 15.0 Å². The van der Waals surface area contributed by atoms with Gasteiger partial charge in [-0.15, -0.1) is 0 Å². The molecule has 1 aromatic heterocycles. The van der Waals surface area contributed by atoms with Crippen LogP contribution in [0.1, 0.15) is 6.92 Å². The second-order valence-corrected chi connectivity index (χ2v) is 7.60. The van der Waals surface area contributed by atoms with Crippen molar-refractivity contribution in [3.05, 3.63) is 84.4 Å². The minimum absolute atomic E-state index is 0.0139. The molecule has 3 aromatic carbocycles. The van der Waals surface area contributed by atoms with E-state index in [1.54, 1.807) is 62.6 Å². The zero-order chi connectivity index (χ0) is 25.5. The number of halogens is 2. The first-order valence-corrected chi connectivity index (χ1v) is 10.9. The van der Waals surface area contributed by atoms with Gasteiger partial charge in [-0.05, 0) is 55.5 Å². The fourth-order valence-electron chi connectivity index (χ4n) is 3.10. The van der Waals surface area contributed by atoms with Crippen molar-refractivity contribution in [1.82, 2.24) is 15.0 Å². The van der Waals surface area contributed by atoms with E-state index in [-0.39, 0.29) is 35.1 Å². The van der Waals surface area contributed by atoms with Gasteiger partial charge in [0.2, 0.25) is 23.8 Å². The van der Waals surface area contributed by atoms with Crippen LogP contribution < -0.4 is 26.0 Å². The van der Waals surface area contributed by atoms with Crippen molar-refractivity contribution in [3.63, 3.8) is 0 Å². The van der Waals surface area contributed by atoms with E-state index in [0.29, 0.717) is 11.4 Å². The Labute approximate surface area is 206 Å². The SMILES string of the molecule is COc1ccc(NC(=O)[C@H](C)Nc2nc(Nc3ccccc3F)nc(Nc3ccccc3F)n2)cc1. The molecule has 4 aromatic rings. The molecule has 1 amide bonds. The summed E-state index contributed by atoms with van der Waals surface area (Å²) in [6.45, 7) is 1.62. The Morgan fingerprint density at radius 3 is 1.78 bits per heavy atom. The number of hydrogen-bond donors (Lipinski definition) is 4. The van der Waals surface area contributed by atoms with E-state index in [1.165, 1.54) is 24.3 Å². The molecule has 0 saturated heterocycles. The quantitative estimate of drug-likeness (QED) is 0.256. The molecule has 0 radical (unpaired) electrons. The number of aromatic nitrogens is 3. The van der Waals surface area contributed by atoms with Gasteiger partial charge in [0.15, 0.2) is 0 Å². The number of anilines is 6. The molecule has 36 heavy (non-hydrogen) atoms. The number of rotatable bonds is 9. The maximum absolute atomic E-state index is 14.2. The molecule has 0 aliphatic rings. The number of ether oxygens (including phenoxy) is 1. The summed E-state index contributed by atoms with van der Waals surface area (Å²) in [5, 5.41) is 11.2. The number of para-hydroxylation sites is 2. The first kappa shape index (κ1) is 24.3. The van der Waals surface area contributed by atoms with Crippen LogP contribution in [0.3, 0.4) is 0 Å². The molecule has 0 fully saturated rings. The van der Waals surface area contributed by atoms with Gasteiger partial charge in [0.1, 0.15) is 23.4 Å². The predicted molar refractivity (Wildman–Crippen MR) is 134 cm³/mol. The molecule has 0 aliphatic heterocycles. The number of amides is 1. The van der Waals surface area contributed by atoms with Gasteiger partial charge < -0.3 is 26.0 Å². The normalized spacial score (nSPS) is 11.3. The lowest BCUT2D eigenvalue weighted by Gasteiger charge is -2.16. The Balaban J connectivity index is 1.56. The van der Waals surface area contributed by atoms with E-state index < -0.39 is 17.7 Å². The fourth-order valence-corrected chi connectivity index (χ4v) is 3.10. The van der Waals surface area contributed by atoms with Gasteiger partial charge >= 0.3 is 0 Å². The monoisotopic (exact) mass is 491 g/mol. The first-order chi connectivity index (χ1) is 17.4. The van der Waals surface area contributed by atoms with E-state index in [2.05, 4.69) is 36.2 Å². The minimum Gasteiger partial charge on any atom is -0.497 e. The Morgan fingerprint density at radius 2 is 1.28 bits per heavy atom.